The third-order valence-electron chi connectivity index (χ3n) is 3.36. The van der Waals surface area contributed by atoms with Gasteiger partial charge in [0.15, 0.2) is 22.5 Å². The lowest BCUT2D eigenvalue weighted by Gasteiger charge is -2.12. The molecule has 1 amide bonds. The topological polar surface area (TPSA) is 73.6 Å². The van der Waals surface area contributed by atoms with Gasteiger partial charge in [-0.05, 0) is 53.6 Å². The second kappa shape index (κ2) is 7.72. The molecular formula is C18H15ClN2O4. The lowest BCUT2D eigenvalue weighted by molar-refractivity contribution is 0.0996. The molecule has 0 spiro atoms. The minimum atomic E-state index is -0.405. The molecule has 2 aromatic heterocycles. The third-order valence-corrected chi connectivity index (χ3v) is 3.57. The highest BCUT2D eigenvalue weighted by Gasteiger charge is 2.13. The van der Waals surface area contributed by atoms with E-state index in [1.54, 1.807) is 37.7 Å². The largest absolute Gasteiger partial charge is 0.493 e. The van der Waals surface area contributed by atoms with Crippen LogP contribution in [0.3, 0.4) is 0 Å². The van der Waals surface area contributed by atoms with E-state index in [0.29, 0.717) is 23.8 Å². The predicted molar refractivity (Wildman–Crippen MR) is 93.2 cm³/mol. The van der Waals surface area contributed by atoms with Gasteiger partial charge in [-0.25, -0.2) is 0 Å². The minimum Gasteiger partial charge on any atom is -0.493 e. The van der Waals surface area contributed by atoms with Gasteiger partial charge in [-0.2, -0.15) is 0 Å². The summed E-state index contributed by atoms with van der Waals surface area (Å²) in [5.74, 6) is 0.792. The maximum absolute atomic E-state index is 12.1. The summed E-state index contributed by atoms with van der Waals surface area (Å²) >= 11 is 5.68. The molecule has 0 aliphatic heterocycles. The van der Waals surface area contributed by atoms with Crippen LogP contribution in [0.4, 0.5) is 5.69 Å². The Morgan fingerprint density at radius 2 is 1.96 bits per heavy atom. The minimum absolute atomic E-state index is 0.125. The summed E-state index contributed by atoms with van der Waals surface area (Å²) in [6.07, 6.45) is 3.39. The number of methoxy groups -OCH3 is 1. The van der Waals surface area contributed by atoms with E-state index in [1.807, 2.05) is 12.1 Å². The average Bonchev–Trinajstić information content (AvgIpc) is 3.07. The number of nitrogens with zero attached hydrogens (tertiary/aromatic N) is 1. The number of anilines is 1. The van der Waals surface area contributed by atoms with E-state index in [1.165, 1.54) is 12.1 Å². The van der Waals surface area contributed by atoms with Crippen molar-refractivity contribution >= 4 is 23.2 Å². The highest BCUT2D eigenvalue weighted by molar-refractivity contribution is 6.29. The number of aromatic nitrogens is 1. The van der Waals surface area contributed by atoms with Crippen molar-refractivity contribution in [2.24, 2.45) is 0 Å². The molecule has 0 saturated heterocycles. The Balaban J connectivity index is 1.74. The first kappa shape index (κ1) is 16.9. The fraction of sp³-hybridized carbons (Fsp3) is 0.111. The molecule has 0 unspecified atom stereocenters. The van der Waals surface area contributed by atoms with Crippen LogP contribution in [0.1, 0.15) is 16.1 Å². The number of carbonyl (C=O) groups excluding carboxylic acids is 1. The van der Waals surface area contributed by atoms with E-state index >= 15 is 0 Å². The van der Waals surface area contributed by atoms with E-state index < -0.39 is 5.91 Å². The van der Waals surface area contributed by atoms with Crippen LogP contribution >= 0.6 is 11.6 Å². The van der Waals surface area contributed by atoms with Crippen LogP contribution in [0.5, 0.6) is 11.5 Å². The van der Waals surface area contributed by atoms with Crippen molar-refractivity contribution in [2.75, 3.05) is 12.4 Å². The van der Waals surface area contributed by atoms with Gasteiger partial charge >= 0.3 is 0 Å². The number of furan rings is 1. The van der Waals surface area contributed by atoms with E-state index in [9.17, 15) is 4.79 Å². The smallest absolute Gasteiger partial charge is 0.291 e. The van der Waals surface area contributed by atoms with E-state index in [2.05, 4.69) is 10.3 Å². The zero-order valence-electron chi connectivity index (χ0n) is 13.4. The first-order chi connectivity index (χ1) is 12.2. The molecule has 1 N–H and O–H groups in total. The van der Waals surface area contributed by atoms with E-state index in [0.717, 1.165) is 5.56 Å². The summed E-state index contributed by atoms with van der Waals surface area (Å²) in [5.41, 5.74) is 1.51. The maximum Gasteiger partial charge on any atom is 0.291 e. The molecule has 6 nitrogen and oxygen atoms in total. The van der Waals surface area contributed by atoms with Crippen LogP contribution in [0.25, 0.3) is 0 Å². The lowest BCUT2D eigenvalue weighted by Crippen LogP contribution is -2.11. The fourth-order valence-corrected chi connectivity index (χ4v) is 2.28. The molecule has 0 aliphatic rings. The first-order valence-electron chi connectivity index (χ1n) is 7.42. The Morgan fingerprint density at radius 3 is 2.64 bits per heavy atom. The van der Waals surface area contributed by atoms with Gasteiger partial charge in [-0.15, -0.1) is 0 Å². The van der Waals surface area contributed by atoms with Crippen LogP contribution < -0.4 is 14.8 Å². The van der Waals surface area contributed by atoms with Crippen molar-refractivity contribution in [1.29, 1.82) is 0 Å². The lowest BCUT2D eigenvalue weighted by atomic mass is 10.2. The van der Waals surface area contributed by atoms with Gasteiger partial charge in [-0.3, -0.25) is 9.78 Å². The van der Waals surface area contributed by atoms with E-state index in [4.69, 9.17) is 25.5 Å². The van der Waals surface area contributed by atoms with Crippen LogP contribution in [0.2, 0.25) is 5.22 Å². The van der Waals surface area contributed by atoms with Crippen LogP contribution in [-0.2, 0) is 6.61 Å². The predicted octanol–water partition coefficient (Wildman–Crippen LogP) is 4.17. The van der Waals surface area contributed by atoms with Crippen molar-refractivity contribution in [3.05, 3.63) is 71.4 Å². The van der Waals surface area contributed by atoms with Crippen molar-refractivity contribution in [1.82, 2.24) is 4.98 Å². The van der Waals surface area contributed by atoms with Gasteiger partial charge in [0, 0.05) is 24.1 Å². The third kappa shape index (κ3) is 4.30. The number of pyridine rings is 1. The number of nitrogens with one attached hydrogen (secondary N) is 1. The Kier molecular flexibility index (Phi) is 5.20. The first-order valence-corrected chi connectivity index (χ1v) is 7.80. The standard InChI is InChI=1S/C18H15ClN2O4/c1-23-14-3-2-13(21-18(22)15-4-5-17(19)25-15)10-16(14)24-11-12-6-8-20-9-7-12/h2-10H,11H2,1H3,(H,21,22). The Bertz CT molecular complexity index is 865. The summed E-state index contributed by atoms with van der Waals surface area (Å²) in [4.78, 5) is 16.1. The number of hydrogen-bond acceptors (Lipinski definition) is 5. The van der Waals surface area contributed by atoms with Crippen molar-refractivity contribution in [3.8, 4) is 11.5 Å². The number of ether oxygens (including phenoxy) is 2. The molecule has 0 bridgehead atoms. The summed E-state index contributed by atoms with van der Waals surface area (Å²) in [6, 6.07) is 11.8. The van der Waals surface area contributed by atoms with Crippen molar-refractivity contribution in [3.63, 3.8) is 0 Å². The Labute approximate surface area is 149 Å². The summed E-state index contributed by atoms with van der Waals surface area (Å²) < 4.78 is 16.2. The van der Waals surface area contributed by atoms with Gasteiger partial charge in [-0.1, -0.05) is 0 Å². The van der Waals surface area contributed by atoms with Crippen LogP contribution in [0.15, 0.2) is 59.3 Å². The number of carbonyl (C=O) groups is 1. The number of amides is 1. The zero-order valence-corrected chi connectivity index (χ0v) is 14.1. The molecule has 3 aromatic rings. The van der Waals surface area contributed by atoms with Gasteiger partial charge in [0.2, 0.25) is 0 Å². The van der Waals surface area contributed by atoms with Crippen LogP contribution in [-0.4, -0.2) is 18.0 Å². The molecule has 25 heavy (non-hydrogen) atoms. The molecule has 0 saturated carbocycles. The van der Waals surface area contributed by atoms with E-state index in [-0.39, 0.29) is 11.0 Å². The monoisotopic (exact) mass is 358 g/mol. The highest BCUT2D eigenvalue weighted by Crippen LogP contribution is 2.31. The molecule has 0 atom stereocenters. The fourth-order valence-electron chi connectivity index (χ4n) is 2.14. The molecule has 3 rings (SSSR count). The summed E-state index contributed by atoms with van der Waals surface area (Å²) in [6.45, 7) is 0.351. The summed E-state index contributed by atoms with van der Waals surface area (Å²) in [7, 11) is 1.55. The maximum atomic E-state index is 12.1. The molecule has 0 radical (unpaired) electrons. The quantitative estimate of drug-likeness (QED) is 0.716. The zero-order chi connectivity index (χ0) is 17.6. The summed E-state index contributed by atoms with van der Waals surface area (Å²) in [5, 5.41) is 2.88. The van der Waals surface area contributed by atoms with Gasteiger partial charge in [0.25, 0.3) is 5.91 Å². The number of hydrogen-bond donors (Lipinski definition) is 1. The SMILES string of the molecule is COc1ccc(NC(=O)c2ccc(Cl)o2)cc1OCc1ccncc1. The normalized spacial score (nSPS) is 10.3. The van der Waals surface area contributed by atoms with Crippen molar-refractivity contribution < 1.29 is 18.7 Å². The number of rotatable bonds is 6. The number of halogens is 1. The van der Waals surface area contributed by atoms with Crippen LogP contribution in [0, 0.1) is 0 Å². The molecular weight excluding hydrogens is 344 g/mol. The Hall–Kier alpha value is -2.99. The molecule has 128 valence electrons. The molecule has 0 fully saturated rings. The van der Waals surface area contributed by atoms with Crippen molar-refractivity contribution in [2.45, 2.75) is 6.61 Å². The molecule has 1 aromatic carbocycles. The second-order valence-corrected chi connectivity index (χ2v) is 5.44. The molecule has 0 aliphatic carbocycles. The molecule has 2 heterocycles. The number of benzene rings is 1. The second-order valence-electron chi connectivity index (χ2n) is 5.07. The highest BCUT2D eigenvalue weighted by atomic mass is 35.5. The Morgan fingerprint density at radius 1 is 1.16 bits per heavy atom. The average molecular weight is 359 g/mol. The molecule has 7 heteroatoms. The van der Waals surface area contributed by atoms with Gasteiger partial charge in [0.1, 0.15) is 6.61 Å². The van der Waals surface area contributed by atoms with Gasteiger partial charge in [0.05, 0.1) is 7.11 Å². The van der Waals surface area contributed by atoms with Gasteiger partial charge < -0.3 is 19.2 Å².